The number of nitrogens with zero attached hydrogens (tertiary/aromatic N) is 3. The molecule has 0 aromatic heterocycles. The van der Waals surface area contributed by atoms with Crippen molar-refractivity contribution in [2.45, 2.75) is 25.7 Å². The summed E-state index contributed by atoms with van der Waals surface area (Å²) in [7, 11) is 1.42. The third-order valence-corrected chi connectivity index (χ3v) is 3.21. The van der Waals surface area contributed by atoms with Crippen molar-refractivity contribution < 1.29 is 13.2 Å². The number of hydrogen-bond donors (Lipinski definition) is 0. The molecule has 3 nitrogen and oxygen atoms in total. The summed E-state index contributed by atoms with van der Waals surface area (Å²) in [6, 6.07) is 0. The molecule has 0 N–H and O–H groups in total. The highest BCUT2D eigenvalue weighted by Crippen LogP contribution is 2.29. The number of likely N-dealkylation sites (tertiary alicyclic amines) is 1. The van der Waals surface area contributed by atoms with Crippen LogP contribution in [0.3, 0.4) is 0 Å². The maximum Gasteiger partial charge on any atom is 0.429 e. The van der Waals surface area contributed by atoms with Gasteiger partial charge in [0.15, 0.2) is 0 Å². The summed E-state index contributed by atoms with van der Waals surface area (Å²) in [6.07, 6.45) is -3.19. The molecule has 0 aliphatic carbocycles. The Bertz CT molecular complexity index is 355. The lowest BCUT2D eigenvalue weighted by molar-refractivity contribution is -0.173. The lowest BCUT2D eigenvalue weighted by Gasteiger charge is -2.35. The van der Waals surface area contributed by atoms with E-state index >= 15 is 0 Å². The number of aliphatic imine (C=N–C) groups is 1. The second-order valence-corrected chi connectivity index (χ2v) is 4.56. The normalized spacial score (nSPS) is 26.4. The van der Waals surface area contributed by atoms with E-state index in [9.17, 15) is 13.2 Å². The fraction of sp³-hybridized carbons (Fsp3) is 0.727. The molecule has 0 radical (unpaired) electrons. The summed E-state index contributed by atoms with van der Waals surface area (Å²) in [5, 5.41) is 0. The summed E-state index contributed by atoms with van der Waals surface area (Å²) < 4.78 is 38.3. The Balaban J connectivity index is 2.14. The van der Waals surface area contributed by atoms with Gasteiger partial charge in [0, 0.05) is 19.3 Å². The van der Waals surface area contributed by atoms with Gasteiger partial charge in [-0.15, -0.1) is 0 Å². The average Bonchev–Trinajstić information content (AvgIpc) is 2.15. The van der Waals surface area contributed by atoms with Crippen molar-refractivity contribution >= 4 is 5.71 Å². The Morgan fingerprint density at radius 2 is 2.06 bits per heavy atom. The zero-order valence-electron chi connectivity index (χ0n) is 9.96. The van der Waals surface area contributed by atoms with Gasteiger partial charge in [0.1, 0.15) is 0 Å². The first kappa shape index (κ1) is 12.4. The Kier molecular flexibility index (Phi) is 3.16. The summed E-state index contributed by atoms with van der Waals surface area (Å²) in [4.78, 5) is 7.07. The lowest BCUT2D eigenvalue weighted by Crippen LogP contribution is -2.46. The molecule has 2 aliphatic heterocycles. The Morgan fingerprint density at radius 3 is 2.53 bits per heavy atom. The second kappa shape index (κ2) is 4.33. The topological polar surface area (TPSA) is 18.8 Å². The first-order valence-electron chi connectivity index (χ1n) is 5.65. The minimum atomic E-state index is -4.32. The number of halogens is 3. The maximum absolute atomic E-state index is 12.8. The molecule has 0 amide bonds. The molecule has 1 saturated heterocycles. The summed E-state index contributed by atoms with van der Waals surface area (Å²) in [5.41, 5.74) is 1.14. The molecular formula is C11H16F3N3. The zero-order valence-corrected chi connectivity index (χ0v) is 9.96. The van der Waals surface area contributed by atoms with E-state index in [0.29, 0.717) is 18.0 Å². The quantitative estimate of drug-likeness (QED) is 0.742. The monoisotopic (exact) mass is 247 g/mol. The van der Waals surface area contributed by atoms with E-state index in [1.54, 1.807) is 13.0 Å². The largest absolute Gasteiger partial charge is 0.429 e. The summed E-state index contributed by atoms with van der Waals surface area (Å²) in [6.45, 7) is 4.12. The summed E-state index contributed by atoms with van der Waals surface area (Å²) in [5.74, 6) is 0. The molecule has 2 aliphatic rings. The molecule has 1 fully saturated rings. The van der Waals surface area contributed by atoms with Gasteiger partial charge in [0.05, 0.1) is 5.71 Å². The third kappa shape index (κ3) is 2.62. The van der Waals surface area contributed by atoms with Gasteiger partial charge in [0.2, 0.25) is 6.17 Å². The molecule has 0 saturated carbocycles. The average molecular weight is 247 g/mol. The second-order valence-electron chi connectivity index (χ2n) is 4.56. The van der Waals surface area contributed by atoms with Gasteiger partial charge < -0.3 is 4.90 Å². The Labute approximate surface area is 98.6 Å². The van der Waals surface area contributed by atoms with Gasteiger partial charge >= 0.3 is 6.18 Å². The van der Waals surface area contributed by atoms with Crippen LogP contribution in [0.15, 0.2) is 16.8 Å². The van der Waals surface area contributed by atoms with E-state index in [0.717, 1.165) is 19.5 Å². The van der Waals surface area contributed by atoms with Gasteiger partial charge in [-0.25, -0.2) is 0 Å². The molecule has 17 heavy (non-hydrogen) atoms. The van der Waals surface area contributed by atoms with Crippen molar-refractivity contribution in [3.63, 3.8) is 0 Å². The van der Waals surface area contributed by atoms with E-state index in [1.165, 1.54) is 11.9 Å². The predicted molar refractivity (Wildman–Crippen MR) is 59.9 cm³/mol. The molecule has 0 spiro atoms. The van der Waals surface area contributed by atoms with Crippen molar-refractivity contribution in [2.75, 3.05) is 26.7 Å². The molecule has 6 heteroatoms. The smallest absolute Gasteiger partial charge is 0.349 e. The van der Waals surface area contributed by atoms with Crippen LogP contribution >= 0.6 is 0 Å². The van der Waals surface area contributed by atoms with Crippen LogP contribution in [-0.4, -0.2) is 54.5 Å². The Hall–Kier alpha value is -1.04. The van der Waals surface area contributed by atoms with Gasteiger partial charge in [-0.2, -0.15) is 13.2 Å². The maximum atomic E-state index is 12.8. The zero-order chi connectivity index (χ0) is 12.6. The van der Waals surface area contributed by atoms with Crippen LogP contribution in [0, 0.1) is 0 Å². The van der Waals surface area contributed by atoms with Crippen LogP contribution in [0.5, 0.6) is 0 Å². The fourth-order valence-electron chi connectivity index (χ4n) is 1.96. The van der Waals surface area contributed by atoms with E-state index in [2.05, 4.69) is 9.89 Å². The van der Waals surface area contributed by atoms with Gasteiger partial charge in [0.25, 0.3) is 0 Å². The van der Waals surface area contributed by atoms with Crippen LogP contribution in [0.25, 0.3) is 0 Å². The van der Waals surface area contributed by atoms with Crippen LogP contribution in [0.2, 0.25) is 0 Å². The molecule has 0 aromatic carbocycles. The molecule has 1 unspecified atom stereocenters. The van der Waals surface area contributed by atoms with Gasteiger partial charge in [-0.1, -0.05) is 0 Å². The minimum Gasteiger partial charge on any atom is -0.349 e. The Morgan fingerprint density at radius 1 is 1.41 bits per heavy atom. The highest BCUT2D eigenvalue weighted by molar-refractivity contribution is 5.97. The van der Waals surface area contributed by atoms with E-state index in [4.69, 9.17) is 0 Å². The van der Waals surface area contributed by atoms with Crippen molar-refractivity contribution in [2.24, 2.45) is 4.99 Å². The molecule has 0 aromatic rings. The molecule has 1 atom stereocenters. The summed E-state index contributed by atoms with van der Waals surface area (Å²) >= 11 is 0. The first-order valence-corrected chi connectivity index (χ1v) is 5.65. The molecule has 2 heterocycles. The molecule has 2 rings (SSSR count). The van der Waals surface area contributed by atoms with Crippen LogP contribution in [0.1, 0.15) is 13.3 Å². The van der Waals surface area contributed by atoms with Crippen molar-refractivity contribution in [1.29, 1.82) is 0 Å². The number of allylic oxidation sites excluding steroid dienone is 1. The van der Waals surface area contributed by atoms with E-state index < -0.39 is 12.3 Å². The predicted octanol–water partition coefficient (Wildman–Crippen LogP) is 1.87. The lowest BCUT2D eigenvalue weighted by atomic mass is 10.1. The SMILES string of the molecule is CC1=CC(CN2CCC2)=NC(C(F)(F)F)N1C. The van der Waals surface area contributed by atoms with Crippen LogP contribution in [-0.2, 0) is 0 Å². The molecule has 96 valence electrons. The van der Waals surface area contributed by atoms with E-state index in [-0.39, 0.29) is 0 Å². The standard InChI is InChI=1S/C11H16F3N3/c1-8-6-9(7-17-4-3-5-17)15-10(16(8)2)11(12,13)14/h6,10H,3-5,7H2,1-2H3. The first-order chi connectivity index (χ1) is 7.88. The number of alkyl halides is 3. The number of hydrogen-bond acceptors (Lipinski definition) is 3. The van der Waals surface area contributed by atoms with Gasteiger partial charge in [-0.05, 0) is 32.5 Å². The van der Waals surface area contributed by atoms with Gasteiger partial charge in [-0.3, -0.25) is 9.89 Å². The van der Waals surface area contributed by atoms with Crippen LogP contribution < -0.4 is 0 Å². The number of rotatable bonds is 2. The molecular weight excluding hydrogens is 231 g/mol. The van der Waals surface area contributed by atoms with Crippen LogP contribution in [0.4, 0.5) is 13.2 Å². The highest BCUT2D eigenvalue weighted by atomic mass is 19.4. The fourth-order valence-corrected chi connectivity index (χ4v) is 1.96. The van der Waals surface area contributed by atoms with Crippen molar-refractivity contribution in [3.8, 4) is 0 Å². The highest BCUT2D eigenvalue weighted by Gasteiger charge is 2.44. The third-order valence-electron chi connectivity index (χ3n) is 3.21. The van der Waals surface area contributed by atoms with Crippen molar-refractivity contribution in [3.05, 3.63) is 11.8 Å². The molecule has 0 bridgehead atoms. The minimum absolute atomic E-state index is 0.526. The van der Waals surface area contributed by atoms with E-state index in [1.807, 2.05) is 0 Å². The van der Waals surface area contributed by atoms with Crippen molar-refractivity contribution in [1.82, 2.24) is 9.80 Å².